The lowest BCUT2D eigenvalue weighted by molar-refractivity contribution is -0.119. The van der Waals surface area contributed by atoms with E-state index >= 15 is 0 Å². The number of benzene rings is 2. The molecule has 0 saturated carbocycles. The lowest BCUT2D eigenvalue weighted by Gasteiger charge is -2.24. The largest absolute Gasteiger partial charge is 0.478 e. The van der Waals surface area contributed by atoms with Crippen LogP contribution in [0.15, 0.2) is 48.5 Å². The van der Waals surface area contributed by atoms with Crippen molar-refractivity contribution in [2.24, 2.45) is 0 Å². The number of halogens is 1. The van der Waals surface area contributed by atoms with Crippen LogP contribution in [0.4, 0.5) is 16.2 Å². The summed E-state index contributed by atoms with van der Waals surface area (Å²) in [5.74, 6) is -1.43. The average molecular weight is 418 g/mol. The third-order valence-electron chi connectivity index (χ3n) is 4.65. The fraction of sp³-hybridized carbons (Fsp3) is 0.250. The summed E-state index contributed by atoms with van der Waals surface area (Å²) in [6.45, 7) is 0.270. The summed E-state index contributed by atoms with van der Waals surface area (Å²) in [4.78, 5) is 37.9. The van der Waals surface area contributed by atoms with Crippen LogP contribution in [0, 0.1) is 0 Å². The van der Waals surface area contributed by atoms with Crippen LogP contribution in [0.1, 0.15) is 16.8 Å². The molecular formula is C20H20ClN3O5. The summed E-state index contributed by atoms with van der Waals surface area (Å²) in [6, 6.07) is 11.3. The van der Waals surface area contributed by atoms with E-state index in [2.05, 4.69) is 10.6 Å². The van der Waals surface area contributed by atoms with E-state index in [1.807, 2.05) is 0 Å². The van der Waals surface area contributed by atoms with E-state index in [4.69, 9.17) is 21.4 Å². The minimum atomic E-state index is -1.05. The number of nitrogens with zero attached hydrogens (tertiary/aromatic N) is 1. The highest BCUT2D eigenvalue weighted by Gasteiger charge is 2.40. The van der Waals surface area contributed by atoms with Crippen LogP contribution in [0.3, 0.4) is 0 Å². The zero-order valence-corrected chi connectivity index (χ0v) is 16.3. The fourth-order valence-corrected chi connectivity index (χ4v) is 3.22. The van der Waals surface area contributed by atoms with Gasteiger partial charge in [-0.1, -0.05) is 11.6 Å². The Morgan fingerprint density at radius 2 is 1.62 bits per heavy atom. The first-order valence-corrected chi connectivity index (χ1v) is 9.25. The summed E-state index contributed by atoms with van der Waals surface area (Å²) < 4.78 is 5.35. The van der Waals surface area contributed by atoms with E-state index in [0.29, 0.717) is 22.8 Å². The number of hydrogen-bond acceptors (Lipinski definition) is 4. The van der Waals surface area contributed by atoms with E-state index in [1.54, 1.807) is 24.3 Å². The molecule has 0 radical (unpaired) electrons. The summed E-state index contributed by atoms with van der Waals surface area (Å²) in [5.41, 5.74) is 1.12. The second-order valence-corrected chi connectivity index (χ2v) is 7.01. The normalized spacial score (nSPS) is 18.3. The van der Waals surface area contributed by atoms with Gasteiger partial charge in [0, 0.05) is 36.5 Å². The van der Waals surface area contributed by atoms with Crippen LogP contribution < -0.4 is 10.6 Å². The highest BCUT2D eigenvalue weighted by Crippen LogP contribution is 2.23. The quantitative estimate of drug-likeness (QED) is 0.691. The number of carboxylic acids is 1. The topological polar surface area (TPSA) is 108 Å². The molecule has 1 aliphatic heterocycles. The molecule has 0 spiro atoms. The molecule has 1 heterocycles. The number of carboxylic acid groups (broad SMARTS) is 1. The van der Waals surface area contributed by atoms with Crippen molar-refractivity contribution in [2.75, 3.05) is 24.3 Å². The van der Waals surface area contributed by atoms with Gasteiger partial charge in [0.05, 0.1) is 11.7 Å². The molecule has 3 amide bonds. The van der Waals surface area contributed by atoms with Gasteiger partial charge in [-0.05, 0) is 48.5 Å². The Kier molecular flexibility index (Phi) is 6.36. The van der Waals surface area contributed by atoms with Gasteiger partial charge in [0.25, 0.3) is 0 Å². The van der Waals surface area contributed by atoms with Gasteiger partial charge in [-0.15, -0.1) is 0 Å². The smallest absolute Gasteiger partial charge is 0.335 e. The second-order valence-electron chi connectivity index (χ2n) is 6.57. The van der Waals surface area contributed by atoms with E-state index < -0.39 is 18.0 Å². The number of ether oxygens (including phenoxy) is 1. The highest BCUT2D eigenvalue weighted by atomic mass is 35.5. The van der Waals surface area contributed by atoms with Crippen LogP contribution in [0.5, 0.6) is 0 Å². The number of likely N-dealkylation sites (tertiary alicyclic amines) is 1. The zero-order chi connectivity index (χ0) is 21.0. The van der Waals surface area contributed by atoms with Gasteiger partial charge in [-0.25, -0.2) is 9.59 Å². The fourth-order valence-electron chi connectivity index (χ4n) is 3.09. The number of methoxy groups -OCH3 is 1. The molecule has 1 aliphatic rings. The van der Waals surface area contributed by atoms with E-state index in [-0.39, 0.29) is 24.1 Å². The van der Waals surface area contributed by atoms with E-state index in [0.717, 1.165) is 0 Å². The van der Waals surface area contributed by atoms with Crippen molar-refractivity contribution in [1.82, 2.24) is 4.90 Å². The molecule has 3 rings (SSSR count). The van der Waals surface area contributed by atoms with Gasteiger partial charge in [0.2, 0.25) is 5.91 Å². The number of urea groups is 1. The maximum absolute atomic E-state index is 12.8. The zero-order valence-electron chi connectivity index (χ0n) is 15.6. The van der Waals surface area contributed by atoms with Crippen molar-refractivity contribution in [2.45, 2.75) is 18.6 Å². The van der Waals surface area contributed by atoms with Crippen LogP contribution in [0.25, 0.3) is 0 Å². The van der Waals surface area contributed by atoms with Crippen LogP contribution in [-0.4, -0.2) is 53.7 Å². The number of amides is 3. The number of anilines is 2. The van der Waals surface area contributed by atoms with Crippen LogP contribution >= 0.6 is 11.6 Å². The predicted molar refractivity (Wildman–Crippen MR) is 108 cm³/mol. The maximum atomic E-state index is 12.8. The Labute approximate surface area is 172 Å². The Morgan fingerprint density at radius 3 is 2.21 bits per heavy atom. The lowest BCUT2D eigenvalue weighted by Crippen LogP contribution is -2.45. The van der Waals surface area contributed by atoms with Gasteiger partial charge < -0.3 is 25.4 Å². The van der Waals surface area contributed by atoms with Crippen molar-refractivity contribution in [3.63, 3.8) is 0 Å². The lowest BCUT2D eigenvalue weighted by atomic mass is 10.1. The molecule has 0 unspecified atom stereocenters. The monoisotopic (exact) mass is 417 g/mol. The number of aromatic carboxylic acids is 1. The Morgan fingerprint density at radius 1 is 1.03 bits per heavy atom. The SMILES string of the molecule is CO[C@@H]1C[C@H](C(=O)Nc2ccc(C(=O)O)cc2)N(C(=O)Nc2ccc(Cl)cc2)C1. The van der Waals surface area contributed by atoms with Crippen molar-refractivity contribution < 1.29 is 24.2 Å². The predicted octanol–water partition coefficient (Wildman–Crippen LogP) is 3.30. The van der Waals surface area contributed by atoms with Crippen molar-refractivity contribution in [3.05, 3.63) is 59.1 Å². The van der Waals surface area contributed by atoms with Gasteiger partial charge in [-0.3, -0.25) is 4.79 Å². The number of carbonyl (C=O) groups is 3. The number of rotatable bonds is 5. The minimum Gasteiger partial charge on any atom is -0.478 e. The number of nitrogens with one attached hydrogen (secondary N) is 2. The van der Waals surface area contributed by atoms with E-state index in [1.165, 1.54) is 36.3 Å². The first kappa shape index (κ1) is 20.6. The summed E-state index contributed by atoms with van der Waals surface area (Å²) in [5, 5.41) is 15.0. The molecule has 9 heteroatoms. The summed E-state index contributed by atoms with van der Waals surface area (Å²) in [6.07, 6.45) is 0.0833. The molecule has 2 aromatic rings. The molecule has 8 nitrogen and oxygen atoms in total. The van der Waals surface area contributed by atoms with Gasteiger partial charge in [-0.2, -0.15) is 0 Å². The number of carbonyl (C=O) groups excluding carboxylic acids is 2. The minimum absolute atomic E-state index is 0.118. The van der Waals surface area contributed by atoms with E-state index in [9.17, 15) is 14.4 Å². The molecule has 0 aromatic heterocycles. The molecule has 0 aliphatic carbocycles. The average Bonchev–Trinajstić information content (AvgIpc) is 3.15. The molecule has 3 N–H and O–H groups in total. The molecule has 1 fully saturated rings. The Hall–Kier alpha value is -3.10. The van der Waals surface area contributed by atoms with Crippen molar-refractivity contribution >= 4 is 40.9 Å². The Bertz CT molecular complexity index is 901. The van der Waals surface area contributed by atoms with Gasteiger partial charge in [0.1, 0.15) is 6.04 Å². The van der Waals surface area contributed by atoms with Crippen LogP contribution in [0.2, 0.25) is 5.02 Å². The van der Waals surface area contributed by atoms with Gasteiger partial charge in [0.15, 0.2) is 0 Å². The van der Waals surface area contributed by atoms with Crippen molar-refractivity contribution in [3.8, 4) is 0 Å². The first-order chi connectivity index (χ1) is 13.9. The van der Waals surface area contributed by atoms with Gasteiger partial charge >= 0.3 is 12.0 Å². The molecule has 2 aromatic carbocycles. The van der Waals surface area contributed by atoms with Crippen LogP contribution in [-0.2, 0) is 9.53 Å². The maximum Gasteiger partial charge on any atom is 0.335 e. The standard InChI is InChI=1S/C20H20ClN3O5/c1-29-16-10-17(18(25)22-14-6-2-12(3-7-14)19(26)27)24(11-16)20(28)23-15-8-4-13(21)5-9-15/h2-9,16-17H,10-11H2,1H3,(H,22,25)(H,23,28)(H,26,27)/t16-,17-/m1/s1. The highest BCUT2D eigenvalue weighted by molar-refractivity contribution is 6.30. The molecule has 29 heavy (non-hydrogen) atoms. The summed E-state index contributed by atoms with van der Waals surface area (Å²) in [7, 11) is 1.53. The molecular weight excluding hydrogens is 398 g/mol. The number of hydrogen-bond donors (Lipinski definition) is 3. The third kappa shape index (κ3) is 5.04. The second kappa shape index (κ2) is 8.93. The molecule has 0 bridgehead atoms. The Balaban J connectivity index is 1.70. The molecule has 152 valence electrons. The molecule has 1 saturated heterocycles. The molecule has 2 atom stereocenters. The third-order valence-corrected chi connectivity index (χ3v) is 4.91. The first-order valence-electron chi connectivity index (χ1n) is 8.87. The summed E-state index contributed by atoms with van der Waals surface area (Å²) >= 11 is 5.86. The van der Waals surface area contributed by atoms with Crippen molar-refractivity contribution in [1.29, 1.82) is 0 Å².